The smallest absolute Gasteiger partial charge is 0.267 e. The molecule has 0 atom stereocenters. The first kappa shape index (κ1) is 16.2. The molecule has 0 saturated carbocycles. The zero-order valence-electron chi connectivity index (χ0n) is 14.0. The quantitative estimate of drug-likeness (QED) is 0.861. The lowest BCUT2D eigenvalue weighted by molar-refractivity contribution is 0.240. The molecule has 7 heteroatoms. The van der Waals surface area contributed by atoms with Gasteiger partial charge in [-0.25, -0.2) is 4.68 Å². The van der Waals surface area contributed by atoms with Crippen molar-refractivity contribution in [1.82, 2.24) is 24.5 Å². The number of fused-ring (bicyclic) bond motifs is 1. The zero-order chi connectivity index (χ0) is 16.7. The number of aryl methyl sites for hydroxylation is 2. The monoisotopic (exact) mass is 335 g/mol. The van der Waals surface area contributed by atoms with Crippen molar-refractivity contribution in [2.45, 2.75) is 46.3 Å². The van der Waals surface area contributed by atoms with E-state index < -0.39 is 0 Å². The highest BCUT2D eigenvalue weighted by molar-refractivity contribution is 6.30. The van der Waals surface area contributed by atoms with Gasteiger partial charge in [0.1, 0.15) is 5.15 Å². The summed E-state index contributed by atoms with van der Waals surface area (Å²) in [6, 6.07) is 1.81. The van der Waals surface area contributed by atoms with Crippen LogP contribution in [-0.2, 0) is 26.6 Å². The van der Waals surface area contributed by atoms with Crippen LogP contribution in [0, 0.1) is 6.92 Å². The first-order valence-electron chi connectivity index (χ1n) is 7.88. The SMILES string of the molecule is Cc1nn(C)c(Cl)c1CN1CCc2nn(C(C)C)c(=O)cc2C1. The maximum atomic E-state index is 12.2. The van der Waals surface area contributed by atoms with Crippen LogP contribution in [0.2, 0.25) is 5.15 Å². The maximum absolute atomic E-state index is 12.2. The fourth-order valence-corrected chi connectivity index (χ4v) is 3.29. The number of nitrogens with zero attached hydrogens (tertiary/aromatic N) is 5. The zero-order valence-corrected chi connectivity index (χ0v) is 14.8. The third kappa shape index (κ3) is 3.05. The van der Waals surface area contributed by atoms with Gasteiger partial charge in [0.2, 0.25) is 0 Å². The van der Waals surface area contributed by atoms with E-state index in [-0.39, 0.29) is 11.6 Å². The van der Waals surface area contributed by atoms with Crippen molar-refractivity contribution in [2.24, 2.45) is 7.05 Å². The van der Waals surface area contributed by atoms with Gasteiger partial charge in [0.15, 0.2) is 0 Å². The lowest BCUT2D eigenvalue weighted by Gasteiger charge is -2.28. The highest BCUT2D eigenvalue weighted by Crippen LogP contribution is 2.24. The molecule has 1 aliphatic heterocycles. The summed E-state index contributed by atoms with van der Waals surface area (Å²) in [6.45, 7) is 8.29. The van der Waals surface area contributed by atoms with Crippen molar-refractivity contribution in [3.63, 3.8) is 0 Å². The summed E-state index contributed by atoms with van der Waals surface area (Å²) >= 11 is 6.32. The molecule has 0 amide bonds. The van der Waals surface area contributed by atoms with E-state index in [0.29, 0.717) is 5.15 Å². The van der Waals surface area contributed by atoms with Crippen LogP contribution in [0.3, 0.4) is 0 Å². The predicted octanol–water partition coefficient (Wildman–Crippen LogP) is 2.08. The summed E-state index contributed by atoms with van der Waals surface area (Å²) in [5.74, 6) is 0. The Hall–Kier alpha value is -1.66. The maximum Gasteiger partial charge on any atom is 0.267 e. The molecular weight excluding hydrogens is 314 g/mol. The first-order chi connectivity index (χ1) is 10.9. The molecular formula is C16H22ClN5O. The van der Waals surface area contributed by atoms with Crippen LogP contribution < -0.4 is 5.56 Å². The standard InChI is InChI=1S/C16H22ClN5O/c1-10(2)22-15(23)7-12-8-21(6-5-14(12)19-22)9-13-11(3)18-20(4)16(13)17/h7,10H,5-6,8-9H2,1-4H3. The minimum Gasteiger partial charge on any atom is -0.294 e. The third-order valence-corrected chi connectivity index (χ3v) is 4.79. The molecule has 0 aliphatic carbocycles. The van der Waals surface area contributed by atoms with E-state index in [1.54, 1.807) is 15.4 Å². The molecule has 124 valence electrons. The van der Waals surface area contributed by atoms with Crippen LogP contribution in [-0.4, -0.2) is 31.0 Å². The largest absolute Gasteiger partial charge is 0.294 e. The Balaban J connectivity index is 1.83. The Bertz CT molecular complexity index is 792. The van der Waals surface area contributed by atoms with Gasteiger partial charge in [-0.3, -0.25) is 14.4 Å². The molecule has 0 radical (unpaired) electrons. The van der Waals surface area contributed by atoms with Gasteiger partial charge < -0.3 is 0 Å². The summed E-state index contributed by atoms with van der Waals surface area (Å²) in [7, 11) is 1.85. The van der Waals surface area contributed by atoms with Gasteiger partial charge in [0.05, 0.1) is 17.4 Å². The molecule has 2 aromatic rings. The molecule has 3 heterocycles. The molecule has 23 heavy (non-hydrogen) atoms. The lowest BCUT2D eigenvalue weighted by atomic mass is 10.1. The molecule has 6 nitrogen and oxygen atoms in total. The Morgan fingerprint density at radius 2 is 2.09 bits per heavy atom. The number of rotatable bonds is 3. The fraction of sp³-hybridized carbons (Fsp3) is 0.562. The molecule has 0 fully saturated rings. The molecule has 0 aromatic carbocycles. The van der Waals surface area contributed by atoms with Crippen molar-refractivity contribution >= 4 is 11.6 Å². The summed E-state index contributed by atoms with van der Waals surface area (Å²) in [5.41, 5.74) is 4.04. The van der Waals surface area contributed by atoms with Crippen LogP contribution in [0.1, 0.15) is 42.4 Å². The van der Waals surface area contributed by atoms with E-state index in [2.05, 4.69) is 15.1 Å². The van der Waals surface area contributed by atoms with E-state index in [4.69, 9.17) is 11.6 Å². The average molecular weight is 336 g/mol. The second kappa shape index (κ2) is 6.09. The highest BCUT2D eigenvalue weighted by atomic mass is 35.5. The Kier molecular flexibility index (Phi) is 4.29. The fourth-order valence-electron chi connectivity index (χ4n) is 3.06. The second-order valence-electron chi connectivity index (χ2n) is 6.43. The normalized spacial score (nSPS) is 15.2. The molecule has 0 saturated heterocycles. The van der Waals surface area contributed by atoms with Crippen LogP contribution >= 0.6 is 11.6 Å². The number of hydrogen-bond donors (Lipinski definition) is 0. The number of halogens is 1. The number of hydrogen-bond acceptors (Lipinski definition) is 4. The average Bonchev–Trinajstić information content (AvgIpc) is 2.72. The van der Waals surface area contributed by atoms with Crippen molar-refractivity contribution in [3.8, 4) is 0 Å². The van der Waals surface area contributed by atoms with Gasteiger partial charge in [0.25, 0.3) is 5.56 Å². The lowest BCUT2D eigenvalue weighted by Crippen LogP contribution is -2.35. The molecule has 0 spiro atoms. The summed E-state index contributed by atoms with van der Waals surface area (Å²) in [6.07, 6.45) is 0.846. The van der Waals surface area contributed by atoms with Crippen LogP contribution in [0.25, 0.3) is 0 Å². The van der Waals surface area contributed by atoms with Crippen LogP contribution in [0.5, 0.6) is 0 Å². The van der Waals surface area contributed by atoms with Crippen molar-refractivity contribution < 1.29 is 0 Å². The predicted molar refractivity (Wildman–Crippen MR) is 89.7 cm³/mol. The van der Waals surface area contributed by atoms with Gasteiger partial charge in [-0.05, 0) is 26.3 Å². The second-order valence-corrected chi connectivity index (χ2v) is 6.79. The summed E-state index contributed by atoms with van der Waals surface area (Å²) in [5, 5.41) is 9.57. The van der Waals surface area contributed by atoms with Crippen molar-refractivity contribution in [1.29, 1.82) is 0 Å². The van der Waals surface area contributed by atoms with Gasteiger partial charge in [-0.15, -0.1) is 0 Å². The van der Waals surface area contributed by atoms with Crippen molar-refractivity contribution in [2.75, 3.05) is 6.54 Å². The van der Waals surface area contributed by atoms with E-state index in [9.17, 15) is 4.79 Å². The molecule has 0 bridgehead atoms. The van der Waals surface area contributed by atoms with E-state index >= 15 is 0 Å². The van der Waals surface area contributed by atoms with Crippen LogP contribution in [0.4, 0.5) is 0 Å². The molecule has 2 aromatic heterocycles. The molecule has 0 unspecified atom stereocenters. The van der Waals surface area contributed by atoms with E-state index in [0.717, 1.165) is 48.6 Å². The van der Waals surface area contributed by atoms with Crippen molar-refractivity contribution in [3.05, 3.63) is 44.1 Å². The Morgan fingerprint density at radius 1 is 1.35 bits per heavy atom. The summed E-state index contributed by atoms with van der Waals surface area (Å²) in [4.78, 5) is 14.4. The first-order valence-corrected chi connectivity index (χ1v) is 8.26. The van der Waals surface area contributed by atoms with Gasteiger partial charge in [-0.2, -0.15) is 10.2 Å². The Labute approximate surface area is 140 Å². The topological polar surface area (TPSA) is 56.0 Å². The number of aromatic nitrogens is 4. The third-order valence-electron chi connectivity index (χ3n) is 4.32. The van der Waals surface area contributed by atoms with Gasteiger partial charge in [-0.1, -0.05) is 11.6 Å². The molecule has 1 aliphatic rings. The van der Waals surface area contributed by atoms with Gasteiger partial charge >= 0.3 is 0 Å². The van der Waals surface area contributed by atoms with E-state index in [1.165, 1.54) is 0 Å². The van der Waals surface area contributed by atoms with Crippen LogP contribution in [0.15, 0.2) is 10.9 Å². The summed E-state index contributed by atoms with van der Waals surface area (Å²) < 4.78 is 3.27. The van der Waals surface area contributed by atoms with Gasteiger partial charge in [0, 0.05) is 44.7 Å². The minimum absolute atomic E-state index is 0.0313. The Morgan fingerprint density at radius 3 is 2.70 bits per heavy atom. The molecule has 0 N–H and O–H groups in total. The highest BCUT2D eigenvalue weighted by Gasteiger charge is 2.22. The molecule has 3 rings (SSSR count). The van der Waals surface area contributed by atoms with E-state index in [1.807, 2.05) is 27.8 Å². The minimum atomic E-state index is -0.0313.